The molecule has 216 valence electrons. The molecule has 0 bridgehead atoms. The van der Waals surface area contributed by atoms with Gasteiger partial charge in [-0.1, -0.05) is 0 Å². The molecular weight excluding hydrogens is 751 g/mol. The van der Waals surface area contributed by atoms with Gasteiger partial charge in [0.15, 0.2) is 0 Å². The third kappa shape index (κ3) is 744. The van der Waals surface area contributed by atoms with Crippen molar-refractivity contribution < 1.29 is 258 Å². The van der Waals surface area contributed by atoms with Gasteiger partial charge in [-0.3, -0.25) is 21.0 Å². The van der Waals surface area contributed by atoms with Crippen molar-refractivity contribution in [2.45, 2.75) is 27.7 Å². The molecule has 0 aliphatic heterocycles. The van der Waals surface area contributed by atoms with E-state index < -0.39 is 0 Å². The topological polar surface area (TPSA) is 478 Å². The van der Waals surface area contributed by atoms with E-state index in [0.29, 0.717) is 26.4 Å². The van der Waals surface area contributed by atoms with Crippen LogP contribution < -0.4 is 0 Å². The van der Waals surface area contributed by atoms with Gasteiger partial charge >= 0.3 is 65.2 Å². The Morgan fingerprint density at radius 3 is 0.343 bits per heavy atom. The normalized spacial score (nSPS) is 3.43. The van der Waals surface area contributed by atoms with Gasteiger partial charge in [-0.15, -0.1) is 0 Å². The van der Waals surface area contributed by atoms with Gasteiger partial charge in [-0.05, 0) is 27.7 Å². The molecule has 0 atom stereocenters. The molecule has 0 saturated carbocycles. The van der Waals surface area contributed by atoms with Gasteiger partial charge in [0.1, 0.15) is 0 Å². The van der Waals surface area contributed by atoms with Crippen molar-refractivity contribution in [1.82, 2.24) is 0 Å². The summed E-state index contributed by atoms with van der Waals surface area (Å²) < 4.78 is 0. The zero-order valence-electron chi connectivity index (χ0n) is 19.1. The maximum Gasteiger partial charge on any atom is 4.00 e. The molecule has 0 rings (SSSR count). The van der Waals surface area contributed by atoms with Crippen molar-refractivity contribution >= 4 is 0 Å². The van der Waals surface area contributed by atoms with E-state index in [1.165, 1.54) is 0 Å². The molecule has 0 aromatic carbocycles. The molecule has 0 aliphatic carbocycles. The second kappa shape index (κ2) is 355. The van der Waals surface area contributed by atoms with Gasteiger partial charge in [0.2, 0.25) is 0 Å². The van der Waals surface area contributed by atoms with Gasteiger partial charge < -0.3 is 65.7 Å². The molecule has 0 heterocycles. The van der Waals surface area contributed by atoms with Crippen LogP contribution >= 0.6 is 0 Å². The second-order valence-corrected chi connectivity index (χ2v) is 1.67. The van der Waals surface area contributed by atoms with E-state index in [4.69, 9.17) is 21.0 Å². The van der Waals surface area contributed by atoms with Crippen LogP contribution in [0, 0.1) is 0 Å². The maximum atomic E-state index is 7.38. The molecule has 0 unspecified atom stereocenters. The smallest absolute Gasteiger partial charge is 0.870 e. The second-order valence-electron chi connectivity index (χ2n) is 1.67. The minimum atomic E-state index is 0. The third-order valence-electron chi connectivity index (χ3n) is 0.516. The summed E-state index contributed by atoms with van der Waals surface area (Å²) in [6, 6.07) is 0. The number of hydrogen-bond donors (Lipinski definition) is 4. The van der Waals surface area contributed by atoms with Crippen LogP contribution in [0.4, 0.5) is 0 Å². The summed E-state index contributed by atoms with van der Waals surface area (Å²) in [5.74, 6) is 0. The molecule has 0 amide bonds. The molecular formula is C8H36O20Ti7. The van der Waals surface area contributed by atoms with E-state index in [1.54, 1.807) is 27.7 Å². The van der Waals surface area contributed by atoms with Crippen molar-refractivity contribution in [3.05, 3.63) is 0 Å². The van der Waals surface area contributed by atoms with Gasteiger partial charge in [-0.2, -0.15) is 0 Å². The van der Waals surface area contributed by atoms with Crippen LogP contribution in [0.25, 0.3) is 0 Å². The van der Waals surface area contributed by atoms with Crippen molar-refractivity contribution in [2.24, 2.45) is 0 Å². The summed E-state index contributed by atoms with van der Waals surface area (Å²) in [7, 11) is 0. The Bertz CT molecular complexity index is 73.4. The van der Waals surface area contributed by atoms with Crippen molar-refractivity contribution in [2.75, 3.05) is 26.4 Å². The van der Waals surface area contributed by atoms with E-state index in [2.05, 4.69) is 19.6 Å². The zero-order chi connectivity index (χ0) is 13.7. The SMILES string of the molecule is CCOO.CCOO.CCOO.CCOO.[OH-].[OH-].[OH-].[OH-].[OH-].[OH-].[OH-].[OH-].[OH-].[OH-].[OH-].[OH-].[Ti+4].[Ti+4].[Ti+4].[Ti].[Ti].[Ti].[Ti]. The fraction of sp³-hybridized carbons (Fsp3) is 1.00. The monoisotopic (exact) mass is 788 g/mol. The van der Waals surface area contributed by atoms with Crippen LogP contribution in [0.2, 0.25) is 0 Å². The van der Waals surface area contributed by atoms with E-state index in [0.717, 1.165) is 0 Å². The van der Waals surface area contributed by atoms with Crippen molar-refractivity contribution in [3.63, 3.8) is 0 Å². The Morgan fingerprint density at radius 2 is 0.343 bits per heavy atom. The van der Waals surface area contributed by atoms with Crippen LogP contribution in [0.5, 0.6) is 0 Å². The van der Waals surface area contributed by atoms with Crippen LogP contribution in [0.15, 0.2) is 0 Å². The Balaban J connectivity index is -0.00000000221. The molecule has 0 saturated heterocycles. The molecule has 20 nitrogen and oxygen atoms in total. The number of rotatable bonds is 4. The third-order valence-corrected chi connectivity index (χ3v) is 0.516. The minimum absolute atomic E-state index is 0. The van der Waals surface area contributed by atoms with Crippen LogP contribution in [0.1, 0.15) is 27.7 Å². The molecule has 0 fully saturated rings. The van der Waals surface area contributed by atoms with E-state index in [9.17, 15) is 0 Å². The molecule has 0 aliphatic rings. The standard InChI is InChI=1S/4C2H6O2.12H2O.7Ti/c4*1-2-4-3;;;;;;;;;;;;;;;;;;;/h4*3H,2H2,1H3;12*1H2;;;;;;;/q;;;;;;;;;;;;;;;;;;;;3*+4/p-12. The van der Waals surface area contributed by atoms with Crippen LogP contribution in [-0.2, 0) is 172 Å². The van der Waals surface area contributed by atoms with E-state index in [1.807, 2.05) is 0 Å². The van der Waals surface area contributed by atoms with E-state index in [-0.39, 0.29) is 218 Å². The predicted octanol–water partition coefficient (Wildman–Crippen LogP) is -0.155. The van der Waals surface area contributed by atoms with Gasteiger partial charge in [0.05, 0.1) is 26.4 Å². The van der Waals surface area contributed by atoms with Crippen molar-refractivity contribution in [3.8, 4) is 0 Å². The van der Waals surface area contributed by atoms with Gasteiger partial charge in [0.25, 0.3) is 0 Å². The predicted molar refractivity (Wildman–Crippen MR) is 80.2 cm³/mol. The number of hydrogen-bond acceptors (Lipinski definition) is 20. The fourth-order valence-corrected chi connectivity index (χ4v) is 0. The summed E-state index contributed by atoms with van der Waals surface area (Å²) in [6.07, 6.45) is 0. The quantitative estimate of drug-likeness (QED) is 0.163. The average Bonchev–Trinajstić information content (AvgIpc) is 2.39. The van der Waals surface area contributed by atoms with Gasteiger partial charge in [0, 0.05) is 86.9 Å². The first-order chi connectivity index (χ1) is 7.66. The summed E-state index contributed by atoms with van der Waals surface area (Å²) in [4.78, 5) is 14.2. The first kappa shape index (κ1) is 218. The maximum absolute atomic E-state index is 7.38. The molecule has 0 radical (unpaired) electrons. The summed E-state index contributed by atoms with van der Waals surface area (Å²) in [5, 5.41) is 29.5. The molecule has 0 aromatic heterocycles. The van der Waals surface area contributed by atoms with E-state index >= 15 is 0 Å². The summed E-state index contributed by atoms with van der Waals surface area (Å²) in [5.41, 5.74) is 0. The Morgan fingerprint density at radius 1 is 0.314 bits per heavy atom. The summed E-state index contributed by atoms with van der Waals surface area (Å²) in [6.45, 7) is 8.33. The molecule has 35 heavy (non-hydrogen) atoms. The van der Waals surface area contributed by atoms with Crippen LogP contribution in [0.3, 0.4) is 0 Å². The average molecular weight is 787 g/mol. The first-order valence-electron chi connectivity index (χ1n) is 4.71. The Labute approximate surface area is 308 Å². The van der Waals surface area contributed by atoms with Crippen LogP contribution in [-0.4, -0.2) is 113 Å². The molecule has 0 spiro atoms. The van der Waals surface area contributed by atoms with Gasteiger partial charge in [-0.25, -0.2) is 19.6 Å². The molecule has 0 aromatic rings. The Kier molecular flexibility index (Phi) is 2210. The van der Waals surface area contributed by atoms with Crippen molar-refractivity contribution in [1.29, 1.82) is 0 Å². The largest absolute Gasteiger partial charge is 4.00 e. The Hall–Kier alpha value is 4.20. The zero-order valence-corrected chi connectivity index (χ0v) is 30.0. The molecule has 16 N–H and O–H groups in total. The first-order valence-corrected chi connectivity index (χ1v) is 4.71. The minimum Gasteiger partial charge on any atom is -0.870 e. The molecule has 27 heteroatoms. The summed E-state index contributed by atoms with van der Waals surface area (Å²) >= 11 is 0. The fourth-order valence-electron chi connectivity index (χ4n) is 0.